The lowest BCUT2D eigenvalue weighted by atomic mass is 10.2. The van der Waals surface area contributed by atoms with E-state index in [1.54, 1.807) is 0 Å². The summed E-state index contributed by atoms with van der Waals surface area (Å²) in [6.45, 7) is 4.61. The van der Waals surface area contributed by atoms with Gasteiger partial charge in [0.1, 0.15) is 0 Å². The van der Waals surface area contributed by atoms with Gasteiger partial charge in [-0.05, 0) is 19.3 Å². The van der Waals surface area contributed by atoms with E-state index in [0.717, 1.165) is 32.1 Å². The van der Waals surface area contributed by atoms with Gasteiger partial charge < -0.3 is 0 Å². The molecule has 0 aliphatic carbocycles. The lowest BCUT2D eigenvalue weighted by molar-refractivity contribution is -0.271. The molecule has 3 heteroatoms. The molecule has 0 radical (unpaired) electrons. The second-order valence-electron chi connectivity index (χ2n) is 3.40. The number of rotatable bonds is 9. The van der Waals surface area contributed by atoms with Crippen LogP contribution in [0.25, 0.3) is 0 Å². The lowest BCUT2D eigenvalue weighted by Crippen LogP contribution is -2.05. The van der Waals surface area contributed by atoms with E-state index in [1.165, 1.54) is 0 Å². The zero-order chi connectivity index (χ0) is 11.4. The predicted octanol–water partition coefficient (Wildman–Crippen LogP) is 3.40. The maximum Gasteiger partial charge on any atom is 0.342 e. The minimum Gasteiger partial charge on any atom is -0.298 e. The van der Waals surface area contributed by atoms with E-state index in [9.17, 15) is 4.79 Å². The van der Waals surface area contributed by atoms with E-state index in [4.69, 9.17) is 4.89 Å². The van der Waals surface area contributed by atoms with Crippen LogP contribution in [0, 0.1) is 0 Å². The molecule has 88 valence electrons. The Morgan fingerprint density at radius 2 is 2.00 bits per heavy atom. The number of hydrogen-bond acceptors (Lipinski definition) is 3. The van der Waals surface area contributed by atoms with Crippen LogP contribution in [0.4, 0.5) is 0 Å². The van der Waals surface area contributed by atoms with Crippen molar-refractivity contribution in [2.75, 3.05) is 6.61 Å². The van der Waals surface area contributed by atoms with E-state index in [2.05, 4.69) is 24.8 Å². The van der Waals surface area contributed by atoms with Gasteiger partial charge >= 0.3 is 5.97 Å². The molecule has 0 aromatic carbocycles. The van der Waals surface area contributed by atoms with Gasteiger partial charge in [0.05, 0.1) is 6.61 Å². The van der Waals surface area contributed by atoms with Gasteiger partial charge in [0.2, 0.25) is 0 Å². The summed E-state index contributed by atoms with van der Waals surface area (Å²) >= 11 is 0. The van der Waals surface area contributed by atoms with Gasteiger partial charge in [0.15, 0.2) is 0 Å². The molecule has 0 saturated carbocycles. The lowest BCUT2D eigenvalue weighted by Gasteiger charge is -2.01. The smallest absolute Gasteiger partial charge is 0.298 e. The summed E-state index contributed by atoms with van der Waals surface area (Å²) in [6, 6.07) is 0. The SMILES string of the molecule is CC/C=C\CCOOC(=O)CCCCC. The third kappa shape index (κ3) is 11.1. The third-order valence-electron chi connectivity index (χ3n) is 1.91. The molecule has 0 unspecified atom stereocenters. The van der Waals surface area contributed by atoms with Crippen molar-refractivity contribution in [3.8, 4) is 0 Å². The fourth-order valence-corrected chi connectivity index (χ4v) is 1.07. The van der Waals surface area contributed by atoms with E-state index in [0.29, 0.717) is 13.0 Å². The Morgan fingerprint density at radius 3 is 2.67 bits per heavy atom. The van der Waals surface area contributed by atoms with Crippen LogP contribution in [0.1, 0.15) is 52.4 Å². The van der Waals surface area contributed by atoms with Crippen LogP contribution in [-0.4, -0.2) is 12.6 Å². The van der Waals surface area contributed by atoms with Gasteiger partial charge in [-0.3, -0.25) is 4.89 Å². The summed E-state index contributed by atoms with van der Waals surface area (Å²) in [5.74, 6) is -0.261. The molecule has 0 bridgehead atoms. The van der Waals surface area contributed by atoms with Gasteiger partial charge in [-0.2, -0.15) is 4.89 Å². The van der Waals surface area contributed by atoms with Gasteiger partial charge in [0, 0.05) is 6.42 Å². The molecule has 0 fully saturated rings. The Labute approximate surface area is 92.4 Å². The Hall–Kier alpha value is -0.830. The summed E-state index contributed by atoms with van der Waals surface area (Å²) in [5.41, 5.74) is 0. The quantitative estimate of drug-likeness (QED) is 0.255. The number of allylic oxidation sites excluding steroid dienone is 1. The van der Waals surface area contributed by atoms with Crippen LogP contribution in [0.15, 0.2) is 12.2 Å². The number of unbranched alkanes of at least 4 members (excludes halogenated alkanes) is 2. The van der Waals surface area contributed by atoms with E-state index < -0.39 is 0 Å². The van der Waals surface area contributed by atoms with Gasteiger partial charge in [-0.25, -0.2) is 4.79 Å². The largest absolute Gasteiger partial charge is 0.342 e. The highest BCUT2D eigenvalue weighted by Crippen LogP contribution is 2.00. The second-order valence-corrected chi connectivity index (χ2v) is 3.40. The molecule has 0 spiro atoms. The van der Waals surface area contributed by atoms with Crippen molar-refractivity contribution in [3.63, 3.8) is 0 Å². The molecular weight excluding hydrogens is 192 g/mol. The average molecular weight is 214 g/mol. The van der Waals surface area contributed by atoms with Crippen LogP contribution < -0.4 is 0 Å². The molecule has 0 aliphatic heterocycles. The van der Waals surface area contributed by atoms with Crippen molar-refractivity contribution in [2.24, 2.45) is 0 Å². The Morgan fingerprint density at radius 1 is 1.20 bits per heavy atom. The minimum absolute atomic E-state index is 0.261. The molecule has 0 aliphatic rings. The first-order chi connectivity index (χ1) is 7.31. The fraction of sp³-hybridized carbons (Fsp3) is 0.750. The number of carbonyl (C=O) groups is 1. The minimum atomic E-state index is -0.261. The summed E-state index contributed by atoms with van der Waals surface area (Å²) in [7, 11) is 0. The molecule has 3 nitrogen and oxygen atoms in total. The van der Waals surface area contributed by atoms with Gasteiger partial charge in [-0.1, -0.05) is 38.8 Å². The zero-order valence-corrected chi connectivity index (χ0v) is 9.83. The number of carbonyl (C=O) groups excluding carboxylic acids is 1. The molecule has 0 aromatic rings. The monoisotopic (exact) mass is 214 g/mol. The van der Waals surface area contributed by atoms with Crippen LogP contribution in [0.5, 0.6) is 0 Å². The molecular formula is C12H22O3. The third-order valence-corrected chi connectivity index (χ3v) is 1.91. The van der Waals surface area contributed by atoms with Crippen LogP contribution in [0.3, 0.4) is 0 Å². The first-order valence-electron chi connectivity index (χ1n) is 5.78. The van der Waals surface area contributed by atoms with Crippen LogP contribution in [0.2, 0.25) is 0 Å². The van der Waals surface area contributed by atoms with Crippen molar-refractivity contribution in [2.45, 2.75) is 52.4 Å². The zero-order valence-electron chi connectivity index (χ0n) is 9.83. The molecule has 0 heterocycles. The Balaban J connectivity index is 3.20. The highest BCUT2D eigenvalue weighted by atomic mass is 17.2. The maximum atomic E-state index is 11.0. The van der Waals surface area contributed by atoms with Crippen molar-refractivity contribution in [1.82, 2.24) is 0 Å². The van der Waals surface area contributed by atoms with Gasteiger partial charge in [-0.15, -0.1) is 0 Å². The standard InChI is InChI=1S/C12H22O3/c1-3-5-7-9-11-14-15-12(13)10-8-6-4-2/h5,7H,3-4,6,8-11H2,1-2H3/b7-5-. The van der Waals surface area contributed by atoms with E-state index >= 15 is 0 Å². The predicted molar refractivity (Wildman–Crippen MR) is 60.2 cm³/mol. The highest BCUT2D eigenvalue weighted by molar-refractivity contribution is 5.68. The summed E-state index contributed by atoms with van der Waals surface area (Å²) in [6.07, 6.45) is 9.40. The fourth-order valence-electron chi connectivity index (χ4n) is 1.07. The first kappa shape index (κ1) is 14.2. The van der Waals surface area contributed by atoms with Crippen LogP contribution >= 0.6 is 0 Å². The second kappa shape index (κ2) is 11.2. The highest BCUT2D eigenvalue weighted by Gasteiger charge is 2.02. The Bertz CT molecular complexity index is 176. The van der Waals surface area contributed by atoms with E-state index in [-0.39, 0.29) is 5.97 Å². The normalized spacial score (nSPS) is 10.8. The molecule has 0 atom stereocenters. The topological polar surface area (TPSA) is 35.5 Å². The maximum absolute atomic E-state index is 11.0. The van der Waals surface area contributed by atoms with Gasteiger partial charge in [0.25, 0.3) is 0 Å². The molecule has 0 N–H and O–H groups in total. The summed E-state index contributed by atoms with van der Waals surface area (Å²) in [5, 5.41) is 0. The molecule has 0 aromatic heterocycles. The summed E-state index contributed by atoms with van der Waals surface area (Å²) in [4.78, 5) is 20.4. The molecule has 0 saturated heterocycles. The van der Waals surface area contributed by atoms with Crippen molar-refractivity contribution in [1.29, 1.82) is 0 Å². The molecule has 0 rings (SSSR count). The van der Waals surface area contributed by atoms with Crippen molar-refractivity contribution < 1.29 is 14.6 Å². The van der Waals surface area contributed by atoms with Crippen molar-refractivity contribution in [3.05, 3.63) is 12.2 Å². The Kier molecular flexibility index (Phi) is 10.6. The summed E-state index contributed by atoms with van der Waals surface area (Å²) < 4.78 is 0. The van der Waals surface area contributed by atoms with E-state index in [1.807, 2.05) is 6.08 Å². The number of hydrogen-bond donors (Lipinski definition) is 0. The molecule has 0 amide bonds. The van der Waals surface area contributed by atoms with Crippen LogP contribution in [-0.2, 0) is 14.6 Å². The molecule has 15 heavy (non-hydrogen) atoms. The average Bonchev–Trinajstić information content (AvgIpc) is 2.23. The first-order valence-corrected chi connectivity index (χ1v) is 5.78. The van der Waals surface area contributed by atoms with Crippen molar-refractivity contribution >= 4 is 5.97 Å².